The van der Waals surface area contributed by atoms with Gasteiger partial charge in [-0.05, 0) is 82.9 Å². The minimum Gasteiger partial charge on any atom is -0.444 e. The number of fused-ring (bicyclic) bond motifs is 3. The number of carbonyl (C=O) groups is 1. The van der Waals surface area contributed by atoms with Gasteiger partial charge in [0.25, 0.3) is 0 Å². The summed E-state index contributed by atoms with van der Waals surface area (Å²) in [6.45, 7) is 5.50. The quantitative estimate of drug-likeness (QED) is 0.590. The lowest BCUT2D eigenvalue weighted by Gasteiger charge is -2.27. The molecule has 2 aromatic rings. The van der Waals surface area contributed by atoms with E-state index >= 15 is 4.39 Å². The Kier molecular flexibility index (Phi) is 5.79. The summed E-state index contributed by atoms with van der Waals surface area (Å²) in [6.07, 6.45) is 8.86. The number of allylic oxidation sites excluding steroid dienone is 1. The highest BCUT2D eigenvalue weighted by Crippen LogP contribution is 2.40. The molecule has 1 heterocycles. The van der Waals surface area contributed by atoms with E-state index in [1.165, 1.54) is 6.07 Å². The Morgan fingerprint density at radius 1 is 1.29 bits per heavy atom. The number of rotatable bonds is 2. The van der Waals surface area contributed by atoms with Gasteiger partial charge in [0.1, 0.15) is 17.5 Å². The molecule has 2 aliphatic rings. The first-order chi connectivity index (χ1) is 14.8. The zero-order chi connectivity index (χ0) is 22.2. The van der Waals surface area contributed by atoms with Crippen molar-refractivity contribution in [3.05, 3.63) is 40.3 Å². The Morgan fingerprint density at radius 2 is 2.06 bits per heavy atom. The van der Waals surface area contributed by atoms with E-state index in [1.807, 2.05) is 20.8 Å². The standard InChI is InChI=1S/C25H30FN3O2/c1-25(2,3)31-24(30)28-17-9-7-8-15(12-17)21-19(26)13-16(14-27)23-22(21)18-10-5-4-6-11-20(18)29-23/h8,13,17,29H,4-7,9-12H2,1-3H3,(H,28,30)/t17-/m0/s1. The number of H-pyrrole nitrogens is 1. The van der Waals surface area contributed by atoms with Crippen LogP contribution in [0.15, 0.2) is 12.1 Å². The van der Waals surface area contributed by atoms with Gasteiger partial charge in [-0.15, -0.1) is 0 Å². The Morgan fingerprint density at radius 3 is 2.81 bits per heavy atom. The van der Waals surface area contributed by atoms with Crippen molar-refractivity contribution >= 4 is 22.6 Å². The molecule has 2 N–H and O–H groups in total. The lowest BCUT2D eigenvalue weighted by Crippen LogP contribution is -2.40. The van der Waals surface area contributed by atoms with E-state index in [2.05, 4.69) is 22.4 Å². The van der Waals surface area contributed by atoms with Crippen molar-refractivity contribution in [3.63, 3.8) is 0 Å². The lowest BCUT2D eigenvalue weighted by molar-refractivity contribution is 0.0502. The third-order valence-electron chi connectivity index (χ3n) is 6.11. The van der Waals surface area contributed by atoms with Crippen molar-refractivity contribution in [2.75, 3.05) is 0 Å². The van der Waals surface area contributed by atoms with E-state index in [1.54, 1.807) is 0 Å². The van der Waals surface area contributed by atoms with Crippen LogP contribution in [0.2, 0.25) is 0 Å². The normalized spacial score (nSPS) is 19.2. The smallest absolute Gasteiger partial charge is 0.407 e. The molecule has 31 heavy (non-hydrogen) atoms. The largest absolute Gasteiger partial charge is 0.444 e. The Balaban J connectivity index is 1.71. The fraction of sp³-hybridized carbons (Fsp3) is 0.520. The number of aryl methyl sites for hydroxylation is 2. The number of ether oxygens (including phenoxy) is 1. The predicted molar refractivity (Wildman–Crippen MR) is 119 cm³/mol. The molecular formula is C25H30FN3O2. The average molecular weight is 424 g/mol. The predicted octanol–water partition coefficient (Wildman–Crippen LogP) is 5.91. The van der Waals surface area contributed by atoms with Crippen LogP contribution in [0.1, 0.15) is 81.7 Å². The molecule has 0 aliphatic heterocycles. The minimum absolute atomic E-state index is 0.113. The van der Waals surface area contributed by atoms with Gasteiger partial charge in [0.15, 0.2) is 0 Å². The number of hydrogen-bond acceptors (Lipinski definition) is 3. The molecule has 0 saturated carbocycles. The molecule has 0 fully saturated rings. The summed E-state index contributed by atoms with van der Waals surface area (Å²) in [6, 6.07) is 3.39. The summed E-state index contributed by atoms with van der Waals surface area (Å²) in [5, 5.41) is 13.4. The molecular weight excluding hydrogens is 393 g/mol. The van der Waals surface area contributed by atoms with Crippen LogP contribution < -0.4 is 5.32 Å². The number of aromatic amines is 1. The van der Waals surface area contributed by atoms with Gasteiger partial charge in [-0.25, -0.2) is 9.18 Å². The summed E-state index contributed by atoms with van der Waals surface area (Å²) in [7, 11) is 0. The van der Waals surface area contributed by atoms with Crippen LogP contribution in [-0.4, -0.2) is 22.7 Å². The summed E-state index contributed by atoms with van der Waals surface area (Å²) in [5.41, 5.74) is 4.30. The van der Waals surface area contributed by atoms with Crippen molar-refractivity contribution in [2.45, 2.75) is 83.8 Å². The number of alkyl carbamates (subject to hydrolysis) is 1. The van der Waals surface area contributed by atoms with Crippen molar-refractivity contribution in [2.24, 2.45) is 0 Å². The first kappa shape index (κ1) is 21.4. The lowest BCUT2D eigenvalue weighted by atomic mass is 9.86. The highest BCUT2D eigenvalue weighted by Gasteiger charge is 2.27. The third-order valence-corrected chi connectivity index (χ3v) is 6.11. The highest BCUT2D eigenvalue weighted by atomic mass is 19.1. The topological polar surface area (TPSA) is 77.9 Å². The van der Waals surface area contributed by atoms with Gasteiger partial charge in [-0.1, -0.05) is 12.5 Å². The SMILES string of the molecule is CC(C)(C)OC(=O)N[C@H]1CCC=C(c2c(F)cc(C#N)c3[nH]c4c(c23)CCCCC4)C1. The van der Waals surface area contributed by atoms with E-state index in [9.17, 15) is 10.1 Å². The Hall–Kier alpha value is -2.81. The molecule has 164 valence electrons. The van der Waals surface area contributed by atoms with Crippen LogP contribution in [0.5, 0.6) is 0 Å². The molecule has 6 heteroatoms. The zero-order valence-electron chi connectivity index (χ0n) is 18.5. The molecule has 5 nitrogen and oxygen atoms in total. The van der Waals surface area contributed by atoms with Crippen molar-refractivity contribution in [1.29, 1.82) is 5.26 Å². The summed E-state index contributed by atoms with van der Waals surface area (Å²) >= 11 is 0. The van der Waals surface area contributed by atoms with Gasteiger partial charge in [-0.2, -0.15) is 5.26 Å². The fourth-order valence-electron chi connectivity index (χ4n) is 4.84. The number of halogens is 1. The second kappa shape index (κ2) is 8.37. The van der Waals surface area contributed by atoms with Gasteiger partial charge >= 0.3 is 6.09 Å². The molecule has 0 bridgehead atoms. The van der Waals surface area contributed by atoms with Crippen LogP contribution in [0.4, 0.5) is 9.18 Å². The van der Waals surface area contributed by atoms with Gasteiger partial charge in [0, 0.05) is 22.7 Å². The summed E-state index contributed by atoms with van der Waals surface area (Å²) < 4.78 is 20.8. The molecule has 0 unspecified atom stereocenters. The van der Waals surface area contributed by atoms with Crippen LogP contribution in [0.3, 0.4) is 0 Å². The number of nitrogens with one attached hydrogen (secondary N) is 2. The molecule has 1 amide bonds. The second-order valence-corrected chi connectivity index (χ2v) is 9.64. The zero-order valence-corrected chi connectivity index (χ0v) is 18.5. The maximum atomic E-state index is 15.4. The van der Waals surface area contributed by atoms with E-state index in [4.69, 9.17) is 4.74 Å². The van der Waals surface area contributed by atoms with E-state index in [0.717, 1.165) is 72.7 Å². The highest BCUT2D eigenvalue weighted by molar-refractivity contribution is 5.99. The number of carbonyl (C=O) groups excluding carboxylic acids is 1. The second-order valence-electron chi connectivity index (χ2n) is 9.64. The molecule has 0 saturated heterocycles. The number of nitrogens with zero attached hydrogens (tertiary/aromatic N) is 1. The maximum absolute atomic E-state index is 15.4. The average Bonchev–Trinajstić information content (AvgIpc) is 2.88. The number of benzene rings is 1. The monoisotopic (exact) mass is 423 g/mol. The number of hydrogen-bond donors (Lipinski definition) is 2. The maximum Gasteiger partial charge on any atom is 0.407 e. The minimum atomic E-state index is -0.564. The van der Waals surface area contributed by atoms with Gasteiger partial charge in [0.2, 0.25) is 0 Å². The molecule has 4 rings (SSSR count). The number of aromatic nitrogens is 1. The van der Waals surface area contributed by atoms with Crippen LogP contribution >= 0.6 is 0 Å². The van der Waals surface area contributed by atoms with E-state index < -0.39 is 11.7 Å². The van der Waals surface area contributed by atoms with Gasteiger partial charge < -0.3 is 15.0 Å². The van der Waals surface area contributed by atoms with Crippen LogP contribution in [-0.2, 0) is 17.6 Å². The Bertz CT molecular complexity index is 1090. The van der Waals surface area contributed by atoms with E-state index in [-0.39, 0.29) is 11.9 Å². The molecule has 0 spiro atoms. The summed E-state index contributed by atoms with van der Waals surface area (Å²) in [4.78, 5) is 15.7. The van der Waals surface area contributed by atoms with Crippen LogP contribution in [0.25, 0.3) is 16.5 Å². The van der Waals surface area contributed by atoms with Crippen molar-refractivity contribution in [1.82, 2.24) is 10.3 Å². The first-order valence-corrected chi connectivity index (χ1v) is 11.2. The molecule has 1 atom stereocenters. The van der Waals surface area contributed by atoms with E-state index in [0.29, 0.717) is 17.5 Å². The van der Waals surface area contributed by atoms with Crippen molar-refractivity contribution in [3.8, 4) is 6.07 Å². The fourth-order valence-corrected chi connectivity index (χ4v) is 4.84. The summed E-state index contributed by atoms with van der Waals surface area (Å²) in [5.74, 6) is -0.362. The molecule has 2 aliphatic carbocycles. The first-order valence-electron chi connectivity index (χ1n) is 11.2. The molecule has 1 aromatic heterocycles. The molecule has 1 aromatic carbocycles. The van der Waals surface area contributed by atoms with Crippen LogP contribution in [0, 0.1) is 17.1 Å². The Labute approximate surface area is 182 Å². The molecule has 0 radical (unpaired) electrons. The van der Waals surface area contributed by atoms with Gasteiger partial charge in [-0.3, -0.25) is 0 Å². The van der Waals surface area contributed by atoms with Gasteiger partial charge in [0.05, 0.1) is 11.1 Å². The third kappa shape index (κ3) is 4.46. The van der Waals surface area contributed by atoms with Crippen molar-refractivity contribution < 1.29 is 13.9 Å². The number of amides is 1. The number of nitriles is 1.